The van der Waals surface area contributed by atoms with Crippen LogP contribution in [0.25, 0.3) is 0 Å². The second kappa shape index (κ2) is 10.8. The number of amides is 2. The molecule has 2 aromatic carbocycles. The fraction of sp³-hybridized carbons (Fsp3) is 0.440. The number of piperidine rings is 1. The molecule has 1 N–H and O–H groups in total. The summed E-state index contributed by atoms with van der Waals surface area (Å²) in [5.74, 6) is 1.34. The quantitative estimate of drug-likeness (QED) is 0.703. The molecule has 1 saturated heterocycles. The molecule has 6 heteroatoms. The Morgan fingerprint density at radius 1 is 1.00 bits per heavy atom. The predicted molar refractivity (Wildman–Crippen MR) is 121 cm³/mol. The van der Waals surface area contributed by atoms with Crippen LogP contribution >= 0.6 is 0 Å². The van der Waals surface area contributed by atoms with E-state index in [-0.39, 0.29) is 18.4 Å². The van der Waals surface area contributed by atoms with Crippen molar-refractivity contribution < 1.29 is 19.1 Å². The van der Waals surface area contributed by atoms with Gasteiger partial charge in [0.2, 0.25) is 5.91 Å². The van der Waals surface area contributed by atoms with Gasteiger partial charge in [-0.15, -0.1) is 0 Å². The first kappa shape index (κ1) is 22.7. The SMILES string of the molecule is COc1ccc(C(=O)NCC(=O)N2CCC(CCc3ccc(C)cc3)CC2)cc1OC. The lowest BCUT2D eigenvalue weighted by Gasteiger charge is -2.32. The van der Waals surface area contributed by atoms with Gasteiger partial charge in [-0.25, -0.2) is 0 Å². The molecule has 0 bridgehead atoms. The van der Waals surface area contributed by atoms with Crippen molar-refractivity contribution in [2.75, 3.05) is 33.9 Å². The Balaban J connectivity index is 1.41. The molecule has 3 rings (SSSR count). The van der Waals surface area contributed by atoms with Gasteiger partial charge in [-0.3, -0.25) is 9.59 Å². The Hall–Kier alpha value is -3.02. The van der Waals surface area contributed by atoms with E-state index in [1.165, 1.54) is 18.2 Å². The number of benzene rings is 2. The molecule has 6 nitrogen and oxygen atoms in total. The summed E-state index contributed by atoms with van der Waals surface area (Å²) in [5, 5.41) is 2.72. The molecule has 0 unspecified atom stereocenters. The van der Waals surface area contributed by atoms with E-state index < -0.39 is 0 Å². The maximum atomic E-state index is 12.5. The molecule has 2 aromatic rings. The van der Waals surface area contributed by atoms with Gasteiger partial charge in [-0.2, -0.15) is 0 Å². The molecule has 0 aromatic heterocycles. The standard InChI is InChI=1S/C25H32N2O4/c1-18-4-6-19(7-5-18)8-9-20-12-14-27(15-13-20)24(28)17-26-25(29)21-10-11-22(30-2)23(16-21)31-3/h4-7,10-11,16,20H,8-9,12-15,17H2,1-3H3,(H,26,29). The summed E-state index contributed by atoms with van der Waals surface area (Å²) in [7, 11) is 3.06. The monoisotopic (exact) mass is 424 g/mol. The highest BCUT2D eigenvalue weighted by Gasteiger charge is 2.23. The average molecular weight is 425 g/mol. The van der Waals surface area contributed by atoms with Crippen molar-refractivity contribution in [2.24, 2.45) is 5.92 Å². The van der Waals surface area contributed by atoms with E-state index in [2.05, 4.69) is 36.5 Å². The fourth-order valence-corrected chi connectivity index (χ4v) is 3.94. The minimum absolute atomic E-state index is 0.00120. The zero-order valence-corrected chi connectivity index (χ0v) is 18.6. The van der Waals surface area contributed by atoms with Gasteiger partial charge in [0, 0.05) is 18.7 Å². The summed E-state index contributed by atoms with van der Waals surface area (Å²) < 4.78 is 10.4. The highest BCUT2D eigenvalue weighted by molar-refractivity contribution is 5.97. The summed E-state index contributed by atoms with van der Waals surface area (Å²) in [5.41, 5.74) is 3.09. The molecule has 1 aliphatic heterocycles. The van der Waals surface area contributed by atoms with Crippen LogP contribution in [0.2, 0.25) is 0 Å². The van der Waals surface area contributed by atoms with Gasteiger partial charge in [-0.1, -0.05) is 29.8 Å². The highest BCUT2D eigenvalue weighted by Crippen LogP contribution is 2.27. The van der Waals surface area contributed by atoms with Crippen molar-refractivity contribution in [3.05, 3.63) is 59.2 Å². The zero-order valence-electron chi connectivity index (χ0n) is 18.6. The smallest absolute Gasteiger partial charge is 0.251 e. The summed E-state index contributed by atoms with van der Waals surface area (Å²) in [6.07, 6.45) is 4.27. The molecule has 1 heterocycles. The number of hydrogen-bond acceptors (Lipinski definition) is 4. The number of methoxy groups -OCH3 is 2. The maximum absolute atomic E-state index is 12.5. The molecule has 166 valence electrons. The largest absolute Gasteiger partial charge is 0.493 e. The molecular weight excluding hydrogens is 392 g/mol. The van der Waals surface area contributed by atoms with Crippen LogP contribution in [0.5, 0.6) is 11.5 Å². The highest BCUT2D eigenvalue weighted by atomic mass is 16.5. The number of nitrogens with one attached hydrogen (secondary N) is 1. The third-order valence-corrected chi connectivity index (χ3v) is 5.98. The first-order chi connectivity index (χ1) is 15.0. The molecular formula is C25H32N2O4. The molecule has 1 fully saturated rings. The van der Waals surface area contributed by atoms with Crippen molar-refractivity contribution in [3.8, 4) is 11.5 Å². The van der Waals surface area contributed by atoms with Crippen LogP contribution in [0.4, 0.5) is 0 Å². The Bertz CT molecular complexity index is 887. The van der Waals surface area contributed by atoms with E-state index in [1.807, 2.05) is 4.90 Å². The van der Waals surface area contributed by atoms with Gasteiger partial charge in [0.05, 0.1) is 20.8 Å². The van der Waals surface area contributed by atoms with Crippen LogP contribution in [0, 0.1) is 12.8 Å². The average Bonchev–Trinajstić information content (AvgIpc) is 2.81. The fourth-order valence-electron chi connectivity index (χ4n) is 3.94. The number of carbonyl (C=O) groups is 2. The second-order valence-electron chi connectivity index (χ2n) is 8.10. The van der Waals surface area contributed by atoms with Crippen molar-refractivity contribution >= 4 is 11.8 Å². The van der Waals surface area contributed by atoms with Crippen LogP contribution in [-0.2, 0) is 11.2 Å². The number of aryl methyl sites for hydroxylation is 2. The zero-order chi connectivity index (χ0) is 22.2. The van der Waals surface area contributed by atoms with E-state index in [4.69, 9.17) is 9.47 Å². The number of carbonyl (C=O) groups excluding carboxylic acids is 2. The number of rotatable bonds is 8. The molecule has 0 spiro atoms. The summed E-state index contributed by atoms with van der Waals surface area (Å²) in [6.45, 7) is 3.61. The van der Waals surface area contributed by atoms with Crippen LogP contribution in [0.15, 0.2) is 42.5 Å². The summed E-state index contributed by atoms with van der Waals surface area (Å²) >= 11 is 0. The van der Waals surface area contributed by atoms with E-state index in [0.717, 1.165) is 38.8 Å². The van der Waals surface area contributed by atoms with Gasteiger partial charge in [-0.05, 0) is 62.3 Å². The van der Waals surface area contributed by atoms with Gasteiger partial charge >= 0.3 is 0 Å². The number of likely N-dealkylation sites (tertiary alicyclic amines) is 1. The van der Waals surface area contributed by atoms with Gasteiger partial charge in [0.15, 0.2) is 11.5 Å². The lowest BCUT2D eigenvalue weighted by atomic mass is 9.90. The maximum Gasteiger partial charge on any atom is 0.251 e. The Morgan fingerprint density at radius 2 is 1.68 bits per heavy atom. The van der Waals surface area contributed by atoms with Crippen molar-refractivity contribution in [2.45, 2.75) is 32.6 Å². The van der Waals surface area contributed by atoms with Crippen molar-refractivity contribution in [3.63, 3.8) is 0 Å². The Morgan fingerprint density at radius 3 is 2.32 bits per heavy atom. The van der Waals surface area contributed by atoms with Gasteiger partial charge in [0.1, 0.15) is 0 Å². The van der Waals surface area contributed by atoms with E-state index in [1.54, 1.807) is 25.3 Å². The van der Waals surface area contributed by atoms with Gasteiger partial charge in [0.25, 0.3) is 5.91 Å². The van der Waals surface area contributed by atoms with E-state index >= 15 is 0 Å². The lowest BCUT2D eigenvalue weighted by molar-refractivity contribution is -0.131. The number of nitrogens with zero attached hydrogens (tertiary/aromatic N) is 1. The second-order valence-corrected chi connectivity index (χ2v) is 8.10. The van der Waals surface area contributed by atoms with E-state index in [0.29, 0.717) is 23.0 Å². The Labute approximate surface area is 184 Å². The molecule has 0 saturated carbocycles. The minimum Gasteiger partial charge on any atom is -0.493 e. The van der Waals surface area contributed by atoms with Crippen molar-refractivity contribution in [1.82, 2.24) is 10.2 Å². The van der Waals surface area contributed by atoms with E-state index in [9.17, 15) is 9.59 Å². The molecule has 0 atom stereocenters. The first-order valence-corrected chi connectivity index (χ1v) is 10.8. The summed E-state index contributed by atoms with van der Waals surface area (Å²) in [4.78, 5) is 26.8. The predicted octanol–water partition coefficient (Wildman–Crippen LogP) is 3.61. The third-order valence-electron chi connectivity index (χ3n) is 5.98. The molecule has 1 aliphatic rings. The van der Waals surface area contributed by atoms with Crippen LogP contribution in [0.3, 0.4) is 0 Å². The molecule has 2 amide bonds. The minimum atomic E-state index is -0.303. The first-order valence-electron chi connectivity index (χ1n) is 10.8. The topological polar surface area (TPSA) is 67.9 Å². The van der Waals surface area contributed by atoms with Gasteiger partial charge < -0.3 is 19.7 Å². The number of hydrogen-bond donors (Lipinski definition) is 1. The molecule has 31 heavy (non-hydrogen) atoms. The van der Waals surface area contributed by atoms with Crippen LogP contribution in [-0.4, -0.2) is 50.6 Å². The lowest BCUT2D eigenvalue weighted by Crippen LogP contribution is -2.44. The van der Waals surface area contributed by atoms with Crippen LogP contribution < -0.4 is 14.8 Å². The third kappa shape index (κ3) is 6.23. The van der Waals surface area contributed by atoms with Crippen LogP contribution in [0.1, 0.15) is 40.7 Å². The normalized spacial score (nSPS) is 14.2. The summed E-state index contributed by atoms with van der Waals surface area (Å²) in [6, 6.07) is 13.7. The van der Waals surface area contributed by atoms with Crippen molar-refractivity contribution in [1.29, 1.82) is 0 Å². The molecule has 0 radical (unpaired) electrons. The molecule has 0 aliphatic carbocycles. The Kier molecular flexibility index (Phi) is 7.93. The number of ether oxygens (including phenoxy) is 2.